The van der Waals surface area contributed by atoms with Crippen molar-refractivity contribution in [2.24, 2.45) is 5.16 Å². The van der Waals surface area contributed by atoms with Gasteiger partial charge in [-0.05, 0) is 53.8 Å². The van der Waals surface area contributed by atoms with Crippen molar-refractivity contribution in [1.29, 1.82) is 0 Å². The maximum Gasteiger partial charge on any atom is 0.119 e. The van der Waals surface area contributed by atoms with Gasteiger partial charge in [-0.3, -0.25) is 0 Å². The van der Waals surface area contributed by atoms with E-state index in [1.165, 1.54) is 5.56 Å². The van der Waals surface area contributed by atoms with Crippen molar-refractivity contribution >= 4 is 5.71 Å². The summed E-state index contributed by atoms with van der Waals surface area (Å²) in [5, 5.41) is 12.2. The molecule has 0 aromatic heterocycles. The molecule has 0 amide bonds. The molecule has 0 saturated heterocycles. The number of rotatable bonds is 6. The molecule has 2 aromatic rings. The highest BCUT2D eigenvalue weighted by Gasteiger charge is 2.02. The molecule has 0 radical (unpaired) electrons. The summed E-state index contributed by atoms with van der Waals surface area (Å²) in [4.78, 5) is 0. The Kier molecular flexibility index (Phi) is 5.38. The topological polar surface area (TPSA) is 41.8 Å². The summed E-state index contributed by atoms with van der Waals surface area (Å²) >= 11 is 0. The summed E-state index contributed by atoms with van der Waals surface area (Å²) in [5.41, 5.74) is 4.08. The largest absolute Gasteiger partial charge is 0.489 e. The number of benzene rings is 2. The van der Waals surface area contributed by atoms with E-state index in [1.807, 2.05) is 31.2 Å². The zero-order chi connectivity index (χ0) is 15.1. The Hall–Kier alpha value is -2.29. The van der Waals surface area contributed by atoms with Crippen LogP contribution in [0.25, 0.3) is 0 Å². The molecule has 2 rings (SSSR count). The van der Waals surface area contributed by atoms with Crippen LogP contribution in [-0.4, -0.2) is 10.9 Å². The van der Waals surface area contributed by atoms with Crippen molar-refractivity contribution in [1.82, 2.24) is 0 Å². The smallest absolute Gasteiger partial charge is 0.119 e. The maximum absolute atomic E-state index is 8.90. The van der Waals surface area contributed by atoms with Crippen LogP contribution in [-0.2, 0) is 13.0 Å². The van der Waals surface area contributed by atoms with Crippen LogP contribution in [0.15, 0.2) is 53.7 Å². The molecule has 0 aliphatic heterocycles. The Morgan fingerprint density at radius 2 is 1.57 bits per heavy atom. The Morgan fingerprint density at radius 3 is 2.10 bits per heavy atom. The number of oxime groups is 1. The van der Waals surface area contributed by atoms with Gasteiger partial charge in [-0.1, -0.05) is 43.3 Å². The van der Waals surface area contributed by atoms with Crippen LogP contribution < -0.4 is 4.74 Å². The molecule has 2 aromatic carbocycles. The van der Waals surface area contributed by atoms with Gasteiger partial charge in [0.05, 0.1) is 5.71 Å². The van der Waals surface area contributed by atoms with Crippen molar-refractivity contribution in [3.63, 3.8) is 0 Å². The van der Waals surface area contributed by atoms with Crippen LogP contribution in [0.4, 0.5) is 0 Å². The van der Waals surface area contributed by atoms with Gasteiger partial charge in [0.25, 0.3) is 0 Å². The fourth-order valence-electron chi connectivity index (χ4n) is 2.11. The van der Waals surface area contributed by atoms with E-state index < -0.39 is 0 Å². The van der Waals surface area contributed by atoms with E-state index in [0.717, 1.165) is 23.3 Å². The average molecular weight is 283 g/mol. The summed E-state index contributed by atoms with van der Waals surface area (Å²) in [6.07, 6.45) is 1.75. The van der Waals surface area contributed by atoms with Gasteiger partial charge >= 0.3 is 0 Å². The van der Waals surface area contributed by atoms with Crippen molar-refractivity contribution in [3.05, 3.63) is 65.2 Å². The normalized spacial score (nSPS) is 11.4. The second kappa shape index (κ2) is 7.48. The Morgan fingerprint density at radius 1 is 0.952 bits per heavy atom. The summed E-state index contributed by atoms with van der Waals surface area (Å²) < 4.78 is 5.77. The summed E-state index contributed by atoms with van der Waals surface area (Å²) in [5.74, 6) is 0.812. The van der Waals surface area contributed by atoms with E-state index in [0.29, 0.717) is 18.7 Å². The van der Waals surface area contributed by atoms with Crippen LogP contribution in [0.5, 0.6) is 5.75 Å². The lowest BCUT2D eigenvalue weighted by atomic mass is 10.1. The molecule has 3 nitrogen and oxygen atoms in total. The highest BCUT2D eigenvalue weighted by molar-refractivity contribution is 6.00. The fourth-order valence-corrected chi connectivity index (χ4v) is 2.11. The second-order valence-corrected chi connectivity index (χ2v) is 4.88. The molecule has 0 fully saturated rings. The SMILES string of the molecule is CCC(=NO)c1ccc(OCc2ccc(CC)cc2)cc1. The molecule has 3 heteroatoms. The molecule has 0 bridgehead atoms. The number of hydrogen-bond donors (Lipinski definition) is 1. The van der Waals surface area contributed by atoms with Gasteiger partial charge in [0.1, 0.15) is 12.4 Å². The molecule has 110 valence electrons. The fraction of sp³-hybridized carbons (Fsp3) is 0.278. The van der Waals surface area contributed by atoms with Gasteiger partial charge < -0.3 is 9.94 Å². The highest BCUT2D eigenvalue weighted by Crippen LogP contribution is 2.16. The monoisotopic (exact) mass is 283 g/mol. The lowest BCUT2D eigenvalue weighted by Crippen LogP contribution is -1.99. The van der Waals surface area contributed by atoms with Crippen LogP contribution in [0.2, 0.25) is 0 Å². The minimum absolute atomic E-state index is 0.554. The zero-order valence-corrected chi connectivity index (χ0v) is 12.5. The van der Waals surface area contributed by atoms with Gasteiger partial charge in [0.2, 0.25) is 0 Å². The molecule has 0 saturated carbocycles. The molecule has 0 atom stereocenters. The van der Waals surface area contributed by atoms with Gasteiger partial charge in [0.15, 0.2) is 0 Å². The average Bonchev–Trinajstić information content (AvgIpc) is 2.55. The Bertz CT molecular complexity index is 586. The minimum atomic E-state index is 0.554. The number of aryl methyl sites for hydroxylation is 1. The third-order valence-corrected chi connectivity index (χ3v) is 3.48. The van der Waals surface area contributed by atoms with Crippen molar-refractivity contribution < 1.29 is 9.94 Å². The Labute approximate surface area is 125 Å². The molecular weight excluding hydrogens is 262 g/mol. The first-order valence-corrected chi connectivity index (χ1v) is 7.28. The highest BCUT2D eigenvalue weighted by atomic mass is 16.5. The van der Waals surface area contributed by atoms with E-state index in [4.69, 9.17) is 9.94 Å². The lowest BCUT2D eigenvalue weighted by molar-refractivity contribution is 0.306. The number of ether oxygens (including phenoxy) is 1. The predicted molar refractivity (Wildman–Crippen MR) is 85.2 cm³/mol. The van der Waals surface area contributed by atoms with E-state index >= 15 is 0 Å². The summed E-state index contributed by atoms with van der Waals surface area (Å²) in [6.45, 7) is 4.66. The van der Waals surface area contributed by atoms with Gasteiger partial charge in [-0.2, -0.15) is 0 Å². The standard InChI is InChI=1S/C18H21NO2/c1-3-14-5-7-15(8-6-14)13-21-17-11-9-16(10-12-17)18(4-2)19-20/h5-12,20H,3-4,13H2,1-2H3. The maximum atomic E-state index is 8.90. The second-order valence-electron chi connectivity index (χ2n) is 4.88. The first kappa shape index (κ1) is 15.1. The molecule has 0 spiro atoms. The Balaban J connectivity index is 1.97. The predicted octanol–water partition coefficient (Wildman–Crippen LogP) is 4.42. The quantitative estimate of drug-likeness (QED) is 0.484. The van der Waals surface area contributed by atoms with Crippen molar-refractivity contribution in [3.8, 4) is 5.75 Å². The lowest BCUT2D eigenvalue weighted by Gasteiger charge is -2.08. The van der Waals surface area contributed by atoms with E-state index in [1.54, 1.807) is 0 Å². The first-order chi connectivity index (χ1) is 10.3. The number of hydrogen-bond acceptors (Lipinski definition) is 3. The van der Waals surface area contributed by atoms with Crippen molar-refractivity contribution in [2.45, 2.75) is 33.3 Å². The van der Waals surface area contributed by atoms with Crippen LogP contribution in [0.1, 0.15) is 37.0 Å². The van der Waals surface area contributed by atoms with Gasteiger partial charge in [-0.15, -0.1) is 0 Å². The zero-order valence-electron chi connectivity index (χ0n) is 12.5. The van der Waals surface area contributed by atoms with Crippen molar-refractivity contribution in [2.75, 3.05) is 0 Å². The molecular formula is C18H21NO2. The summed E-state index contributed by atoms with van der Waals surface area (Å²) in [7, 11) is 0. The van der Waals surface area contributed by atoms with Gasteiger partial charge in [-0.25, -0.2) is 0 Å². The molecule has 21 heavy (non-hydrogen) atoms. The first-order valence-electron chi connectivity index (χ1n) is 7.28. The van der Waals surface area contributed by atoms with Crippen LogP contribution in [0, 0.1) is 0 Å². The van der Waals surface area contributed by atoms with Gasteiger partial charge in [0, 0.05) is 0 Å². The molecule has 0 unspecified atom stereocenters. The van der Waals surface area contributed by atoms with E-state index in [2.05, 4.69) is 36.3 Å². The summed E-state index contributed by atoms with van der Waals surface area (Å²) in [6, 6.07) is 16.1. The van der Waals surface area contributed by atoms with E-state index in [-0.39, 0.29) is 0 Å². The minimum Gasteiger partial charge on any atom is -0.489 e. The number of nitrogens with zero attached hydrogens (tertiary/aromatic N) is 1. The van der Waals surface area contributed by atoms with Crippen LogP contribution in [0.3, 0.4) is 0 Å². The molecule has 0 aliphatic carbocycles. The van der Waals surface area contributed by atoms with Crippen LogP contribution >= 0.6 is 0 Å². The molecule has 0 heterocycles. The van der Waals surface area contributed by atoms with E-state index in [9.17, 15) is 0 Å². The molecule has 0 aliphatic rings. The third-order valence-electron chi connectivity index (χ3n) is 3.48. The molecule has 1 N–H and O–H groups in total. The third kappa shape index (κ3) is 4.09.